The molecule has 0 unspecified atom stereocenters. The molecule has 4 heterocycles. The maximum Gasteiger partial charge on any atom is 0.247 e. The molecule has 0 aromatic heterocycles. The van der Waals surface area contributed by atoms with Crippen molar-refractivity contribution in [2.75, 3.05) is 33.9 Å². The summed E-state index contributed by atoms with van der Waals surface area (Å²) in [4.78, 5) is 114. The molecule has 3 aromatic rings. The third-order valence-corrected chi connectivity index (χ3v) is 17.6. The van der Waals surface area contributed by atoms with E-state index in [1.54, 1.807) is 48.2 Å². The van der Waals surface area contributed by atoms with Gasteiger partial charge in [0.05, 0.1) is 12.1 Å². The van der Waals surface area contributed by atoms with Crippen molar-refractivity contribution < 1.29 is 48.6 Å². The number of rotatable bonds is 29. The summed E-state index contributed by atoms with van der Waals surface area (Å²) in [6.45, 7) is 3.58. The number of benzene rings is 3. The number of unbranched alkanes of at least 4 members (excludes halogenated alkanes) is 3. The maximum absolute atomic E-state index is 14.2. The zero-order valence-electron chi connectivity index (χ0n) is 48.4. The normalized spacial score (nSPS) is 23.9. The predicted octanol–water partition coefficient (Wildman–Crippen LogP) is 4.00. The Labute approximate surface area is 483 Å². The average Bonchev–Trinajstić information content (AvgIpc) is 3.90. The van der Waals surface area contributed by atoms with Gasteiger partial charge in [0.2, 0.25) is 41.4 Å². The van der Waals surface area contributed by atoms with Crippen molar-refractivity contribution in [2.45, 2.75) is 190 Å². The maximum atomic E-state index is 14.2. The molecule has 0 spiro atoms. The molecule has 4 fully saturated rings. The first-order chi connectivity index (χ1) is 39.7. The minimum Gasteiger partial charge on any atom is -0.396 e. The molecular formula is C63H89N9O10. The molecule has 9 N–H and O–H groups in total. The van der Waals surface area contributed by atoms with E-state index in [1.165, 1.54) is 11.1 Å². The van der Waals surface area contributed by atoms with Gasteiger partial charge < -0.3 is 57.2 Å². The third-order valence-electron chi connectivity index (χ3n) is 17.6. The van der Waals surface area contributed by atoms with Crippen molar-refractivity contribution in [2.24, 2.45) is 11.8 Å². The molecule has 446 valence electrons. The van der Waals surface area contributed by atoms with E-state index in [-0.39, 0.29) is 61.1 Å². The van der Waals surface area contributed by atoms with E-state index >= 15 is 0 Å². The first-order valence-electron chi connectivity index (χ1n) is 30.2. The van der Waals surface area contributed by atoms with E-state index in [1.807, 2.05) is 50.2 Å². The summed E-state index contributed by atoms with van der Waals surface area (Å²) in [5, 5.41) is 41.3. The number of Topliss-reactive ketones (excluding diaryl/α,β-unsaturated/α-hetero) is 1. The quantitative estimate of drug-likeness (QED) is 0.0447. The summed E-state index contributed by atoms with van der Waals surface area (Å²) in [7, 11) is 3.36. The summed E-state index contributed by atoms with van der Waals surface area (Å²) in [6.07, 6.45) is 11.1. The lowest BCUT2D eigenvalue weighted by Gasteiger charge is -2.33. The molecule has 0 radical (unpaired) electrons. The second-order valence-corrected chi connectivity index (χ2v) is 22.8. The number of hydrogen-bond acceptors (Lipinski definition) is 12. The van der Waals surface area contributed by atoms with Gasteiger partial charge in [0.15, 0.2) is 5.78 Å². The minimum absolute atomic E-state index is 0.109. The van der Waals surface area contributed by atoms with Gasteiger partial charge in [0.1, 0.15) is 36.3 Å². The number of ketones is 1. The summed E-state index contributed by atoms with van der Waals surface area (Å²) in [5.41, 5.74) is 3.64. The van der Waals surface area contributed by atoms with Crippen LogP contribution in [0.15, 0.2) is 84.9 Å². The van der Waals surface area contributed by atoms with Crippen molar-refractivity contribution in [3.05, 3.63) is 107 Å². The van der Waals surface area contributed by atoms with Crippen LogP contribution in [-0.2, 0) is 51.2 Å². The van der Waals surface area contributed by atoms with Gasteiger partial charge in [-0.1, -0.05) is 105 Å². The predicted molar refractivity (Wildman–Crippen MR) is 311 cm³/mol. The number of aryl methyl sites for hydroxylation is 2. The average molecular weight is 1130 g/mol. The topological polar surface area (TPSA) is 268 Å². The number of amides is 7. The molecule has 0 aliphatic carbocycles. The molecule has 4 saturated heterocycles. The van der Waals surface area contributed by atoms with Crippen LogP contribution >= 0.6 is 0 Å². The van der Waals surface area contributed by atoms with Crippen LogP contribution in [0.5, 0.6) is 0 Å². The highest BCUT2D eigenvalue weighted by atomic mass is 16.3. The number of nitrogens with one attached hydrogen (secondary N) is 7. The molecule has 0 bridgehead atoms. The lowest BCUT2D eigenvalue weighted by molar-refractivity contribution is -0.144. The van der Waals surface area contributed by atoms with Crippen molar-refractivity contribution >= 4 is 47.1 Å². The van der Waals surface area contributed by atoms with Gasteiger partial charge in [0.25, 0.3) is 0 Å². The molecular weight excluding hydrogens is 1040 g/mol. The molecule has 19 heteroatoms. The zero-order chi connectivity index (χ0) is 58.7. The van der Waals surface area contributed by atoms with Gasteiger partial charge in [0, 0.05) is 50.1 Å². The van der Waals surface area contributed by atoms with E-state index in [2.05, 4.69) is 61.5 Å². The summed E-state index contributed by atoms with van der Waals surface area (Å²) >= 11 is 0. The highest BCUT2D eigenvalue weighted by Crippen LogP contribution is 2.36. The van der Waals surface area contributed by atoms with Crippen LogP contribution < -0.4 is 37.2 Å². The number of likely N-dealkylation sites (N-methyl/N-ethyl adjacent to an activating group) is 2. The Morgan fingerprint density at radius 1 is 0.524 bits per heavy atom. The molecule has 3 aromatic carbocycles. The zero-order valence-corrected chi connectivity index (χ0v) is 48.4. The van der Waals surface area contributed by atoms with Crippen molar-refractivity contribution in [3.63, 3.8) is 0 Å². The van der Waals surface area contributed by atoms with Gasteiger partial charge in [-0.2, -0.15) is 0 Å². The Morgan fingerprint density at radius 2 is 0.951 bits per heavy atom. The van der Waals surface area contributed by atoms with E-state index in [0.717, 1.165) is 32.1 Å². The van der Waals surface area contributed by atoms with Gasteiger partial charge >= 0.3 is 0 Å². The SMILES string of the molecule is CC[C@H](NC)C(=O)N[C@@H]1C(=O)N2[C@@H](CC[C@@H]1CO)CC[C@H]2C(=O)N[C@H](C(=O)CCCCCc1ccc(CCCCNC(=O)[C@@H](NC(=O)[C@@H]2CC[C@@H]3CC[C@H](CO)[C@H](NC(=O)[C@H](CC)NC)C(=O)N32)c2ccccc2)cc1)c1ccccc1. The van der Waals surface area contributed by atoms with E-state index in [4.69, 9.17) is 0 Å². The lowest BCUT2D eigenvalue weighted by Crippen LogP contribution is -2.59. The second-order valence-electron chi connectivity index (χ2n) is 22.8. The van der Waals surface area contributed by atoms with Gasteiger partial charge in [-0.15, -0.1) is 0 Å². The van der Waals surface area contributed by atoms with Gasteiger partial charge in [-0.3, -0.25) is 38.4 Å². The van der Waals surface area contributed by atoms with Crippen molar-refractivity contribution in [3.8, 4) is 0 Å². The molecule has 4 aliphatic rings. The Balaban J connectivity index is 0.851. The highest BCUT2D eigenvalue weighted by molar-refractivity contribution is 5.97. The fraction of sp³-hybridized carbons (Fsp3) is 0.587. The van der Waals surface area contributed by atoms with Gasteiger partial charge in [-0.05, 0) is 139 Å². The number of hydrogen-bond donors (Lipinski definition) is 9. The largest absolute Gasteiger partial charge is 0.396 e. The standard InChI is InChI=1S/C63H89N9O10/c1-5-48(64-3)57(76)69-55-44(38-73)29-31-46-33-35-50(71(46)62(55)81)59(78)67-53(42-20-11-8-12-21-42)52(75)24-15-7-10-18-40-25-27-41(28-26-40)19-16-17-37-66-61(80)54(43-22-13-9-14-23-43)68-60(79)51-36-34-47-32-30-45(39-74)56(63(82)72(47)51)70-58(77)49(6-2)65-4/h8-9,11-14,20-23,25-28,44-51,53-56,64-65,73-74H,5-7,10,15-19,24,29-39H2,1-4H3,(H,66,80)(H,67,78)(H,68,79)(H,69,76)(H,70,77)/t44-,45-,46+,47+,48+,49+,50+,51+,53+,54+,55+,56+/m1/s1. The number of aliphatic hydroxyl groups excluding tert-OH is 2. The van der Waals surface area contributed by atoms with Crippen LogP contribution in [0.3, 0.4) is 0 Å². The number of aliphatic hydroxyl groups is 2. The summed E-state index contributed by atoms with van der Waals surface area (Å²) < 4.78 is 0. The Bertz CT molecular complexity index is 2420. The number of carbonyl (C=O) groups excluding carboxylic acids is 8. The summed E-state index contributed by atoms with van der Waals surface area (Å²) in [6, 6.07) is 19.8. The van der Waals surface area contributed by atoms with Gasteiger partial charge in [-0.25, -0.2) is 0 Å². The number of nitrogens with zero attached hydrogens (tertiary/aromatic N) is 2. The van der Waals surface area contributed by atoms with Crippen LogP contribution in [0.4, 0.5) is 0 Å². The van der Waals surface area contributed by atoms with E-state index in [0.29, 0.717) is 94.7 Å². The van der Waals surface area contributed by atoms with Crippen LogP contribution in [-0.4, -0.2) is 149 Å². The Kier molecular flexibility index (Phi) is 24.0. The van der Waals surface area contributed by atoms with E-state index in [9.17, 15) is 48.6 Å². The third kappa shape index (κ3) is 16.0. The monoisotopic (exact) mass is 1130 g/mol. The molecule has 12 atom stereocenters. The Morgan fingerprint density at radius 3 is 1.39 bits per heavy atom. The van der Waals surface area contributed by atoms with Crippen molar-refractivity contribution in [1.29, 1.82) is 0 Å². The summed E-state index contributed by atoms with van der Waals surface area (Å²) in [5.74, 6) is -3.72. The fourth-order valence-electron chi connectivity index (χ4n) is 12.7. The smallest absolute Gasteiger partial charge is 0.247 e. The highest BCUT2D eigenvalue weighted by Gasteiger charge is 2.50. The van der Waals surface area contributed by atoms with Crippen molar-refractivity contribution in [1.82, 2.24) is 47.0 Å². The van der Waals surface area contributed by atoms with Crippen LogP contribution in [0.2, 0.25) is 0 Å². The minimum atomic E-state index is -0.995. The fourth-order valence-corrected chi connectivity index (χ4v) is 12.7. The van der Waals surface area contributed by atoms with Crippen LogP contribution in [0.25, 0.3) is 0 Å². The Hall–Kier alpha value is -6.54. The molecule has 82 heavy (non-hydrogen) atoms. The molecule has 7 amide bonds. The lowest BCUT2D eigenvalue weighted by atomic mass is 9.93. The number of carbonyl (C=O) groups is 8. The number of fused-ring (bicyclic) bond motifs is 2. The molecule has 19 nitrogen and oxygen atoms in total. The van der Waals surface area contributed by atoms with Crippen LogP contribution in [0, 0.1) is 11.8 Å². The first-order valence-corrected chi connectivity index (χ1v) is 30.2. The first kappa shape index (κ1) is 63.0. The molecule has 7 rings (SSSR count). The molecule has 0 saturated carbocycles. The van der Waals surface area contributed by atoms with E-state index < -0.39 is 77.9 Å². The second kappa shape index (κ2) is 31.2. The van der Waals surface area contributed by atoms with Crippen LogP contribution in [0.1, 0.15) is 151 Å². The molecule has 4 aliphatic heterocycles.